The molecule has 8 heteroatoms. The van der Waals surface area contributed by atoms with Gasteiger partial charge in [-0.05, 0) is 31.2 Å². The smallest absolute Gasteiger partial charge is 0.215 e. The van der Waals surface area contributed by atoms with E-state index in [1.165, 1.54) is 4.68 Å². The van der Waals surface area contributed by atoms with Gasteiger partial charge in [-0.25, -0.2) is 4.68 Å². The minimum absolute atomic E-state index is 0.180. The first-order chi connectivity index (χ1) is 6.70. The molecule has 0 aromatic carbocycles. The normalized spacial score (nSPS) is 13.2. The van der Waals surface area contributed by atoms with Crippen LogP contribution in [0.25, 0.3) is 0 Å². The molecule has 1 aromatic heterocycles. The van der Waals surface area contributed by atoms with Crippen LogP contribution in [-0.2, 0) is 5.54 Å². The highest BCUT2D eigenvalue weighted by atomic mass is 32.2. The average Bonchev–Trinajstić information content (AvgIpc) is 2.45. The van der Waals surface area contributed by atoms with Gasteiger partial charge in [-0.15, -0.1) is 5.10 Å². The van der Waals surface area contributed by atoms with Crippen LogP contribution in [0.1, 0.15) is 20.8 Å². The maximum Gasteiger partial charge on any atom is 0.398 e. The van der Waals surface area contributed by atoms with Crippen molar-refractivity contribution in [3.63, 3.8) is 0 Å². The van der Waals surface area contributed by atoms with E-state index in [0.717, 1.165) is 0 Å². The molecule has 0 saturated heterocycles. The number of nitrogens with zero attached hydrogens (tertiary/aromatic N) is 4. The van der Waals surface area contributed by atoms with E-state index in [9.17, 15) is 13.2 Å². The second-order valence-corrected chi connectivity index (χ2v) is 4.89. The fraction of sp³-hybridized carbons (Fsp3) is 0.857. The Morgan fingerprint density at radius 1 is 1.27 bits per heavy atom. The molecule has 0 fully saturated rings. The third kappa shape index (κ3) is 3.69. The van der Waals surface area contributed by atoms with Crippen molar-refractivity contribution in [1.82, 2.24) is 20.2 Å². The summed E-state index contributed by atoms with van der Waals surface area (Å²) in [6.07, 6.45) is -4.21. The molecule has 1 rings (SSSR count). The molecule has 0 bridgehead atoms. The van der Waals surface area contributed by atoms with Crippen LogP contribution in [0.5, 0.6) is 0 Å². The lowest BCUT2D eigenvalue weighted by molar-refractivity contribution is -0.105. The largest absolute Gasteiger partial charge is 0.398 e. The summed E-state index contributed by atoms with van der Waals surface area (Å²) in [5.41, 5.74) is -0.419. The molecule has 86 valence electrons. The number of alkyl halides is 3. The lowest BCUT2D eigenvalue weighted by Crippen LogP contribution is -2.24. The summed E-state index contributed by atoms with van der Waals surface area (Å²) in [6, 6.07) is 0. The van der Waals surface area contributed by atoms with Crippen LogP contribution in [0.15, 0.2) is 5.16 Å². The van der Waals surface area contributed by atoms with E-state index in [2.05, 4.69) is 15.5 Å². The fourth-order valence-electron chi connectivity index (χ4n) is 0.836. The third-order valence-electron chi connectivity index (χ3n) is 1.44. The van der Waals surface area contributed by atoms with Crippen molar-refractivity contribution in [3.8, 4) is 0 Å². The Bertz CT molecular complexity index is 328. The van der Waals surface area contributed by atoms with Crippen molar-refractivity contribution < 1.29 is 13.2 Å². The summed E-state index contributed by atoms with van der Waals surface area (Å²) in [4.78, 5) is 0. The van der Waals surface area contributed by atoms with Crippen LogP contribution in [0.4, 0.5) is 13.2 Å². The Morgan fingerprint density at radius 2 is 1.87 bits per heavy atom. The highest BCUT2D eigenvalue weighted by Gasteiger charge is 2.30. The number of tetrazole rings is 1. The Kier molecular flexibility index (Phi) is 3.27. The van der Waals surface area contributed by atoms with Crippen molar-refractivity contribution in [3.05, 3.63) is 0 Å². The molecular formula is C7H11F3N4S. The first-order valence-electron chi connectivity index (χ1n) is 4.18. The third-order valence-corrected chi connectivity index (χ3v) is 2.43. The van der Waals surface area contributed by atoms with Gasteiger partial charge in [0, 0.05) is 0 Å². The van der Waals surface area contributed by atoms with Crippen LogP contribution in [-0.4, -0.2) is 32.1 Å². The molecule has 1 heterocycles. The molecule has 0 unspecified atom stereocenters. The van der Waals surface area contributed by atoms with Crippen LogP contribution < -0.4 is 0 Å². The molecule has 15 heavy (non-hydrogen) atoms. The lowest BCUT2D eigenvalue weighted by Gasteiger charge is -2.19. The Labute approximate surface area is 89.2 Å². The number of hydrogen-bond donors (Lipinski definition) is 0. The fourth-order valence-corrected chi connectivity index (χ4v) is 1.66. The van der Waals surface area contributed by atoms with E-state index in [0.29, 0.717) is 11.8 Å². The lowest BCUT2D eigenvalue weighted by atomic mass is 10.1. The van der Waals surface area contributed by atoms with Crippen molar-refractivity contribution in [2.24, 2.45) is 0 Å². The summed E-state index contributed by atoms with van der Waals surface area (Å²) in [7, 11) is 0. The van der Waals surface area contributed by atoms with Gasteiger partial charge in [0.1, 0.15) is 0 Å². The quantitative estimate of drug-likeness (QED) is 0.742. The van der Waals surface area contributed by atoms with Gasteiger partial charge >= 0.3 is 6.18 Å². The molecule has 0 N–H and O–H groups in total. The van der Waals surface area contributed by atoms with Crippen LogP contribution in [0, 0.1) is 0 Å². The molecule has 0 amide bonds. The van der Waals surface area contributed by atoms with Crippen LogP contribution in [0.3, 0.4) is 0 Å². The zero-order valence-corrected chi connectivity index (χ0v) is 9.35. The minimum atomic E-state index is -4.21. The standard InChI is InChI=1S/C7H11F3N4S/c1-6(2,3)14-5(11-12-13-14)15-4-7(8,9)10/h4H2,1-3H3. The first-order valence-corrected chi connectivity index (χ1v) is 5.17. The van der Waals surface area contributed by atoms with Crippen molar-refractivity contribution >= 4 is 11.8 Å². The highest BCUT2D eigenvalue weighted by Crippen LogP contribution is 2.27. The second kappa shape index (κ2) is 3.99. The second-order valence-electron chi connectivity index (χ2n) is 3.95. The van der Waals surface area contributed by atoms with E-state index in [1.807, 2.05) is 20.8 Å². The van der Waals surface area contributed by atoms with Crippen molar-refractivity contribution in [1.29, 1.82) is 0 Å². The predicted octanol–water partition coefficient (Wildman–Crippen LogP) is 2.08. The van der Waals surface area contributed by atoms with Gasteiger partial charge < -0.3 is 0 Å². The number of rotatable bonds is 2. The number of thioether (sulfide) groups is 1. The first kappa shape index (κ1) is 12.3. The summed E-state index contributed by atoms with van der Waals surface area (Å²) in [5, 5.41) is 10.8. The minimum Gasteiger partial charge on any atom is -0.215 e. The van der Waals surface area contributed by atoms with Gasteiger partial charge in [0.05, 0.1) is 11.3 Å². The molecule has 4 nitrogen and oxygen atoms in total. The van der Waals surface area contributed by atoms with Crippen LogP contribution >= 0.6 is 11.8 Å². The van der Waals surface area contributed by atoms with Gasteiger partial charge in [0.2, 0.25) is 5.16 Å². The molecule has 0 atom stereocenters. The molecular weight excluding hydrogens is 229 g/mol. The molecule has 0 aliphatic rings. The van der Waals surface area contributed by atoms with Gasteiger partial charge in [-0.1, -0.05) is 11.8 Å². The molecule has 0 radical (unpaired) electrons. The van der Waals surface area contributed by atoms with Crippen molar-refractivity contribution in [2.75, 3.05) is 5.75 Å². The molecule has 0 spiro atoms. The zero-order chi connectivity index (χ0) is 11.7. The molecule has 0 aliphatic carbocycles. The molecule has 0 saturated carbocycles. The number of halogens is 3. The zero-order valence-electron chi connectivity index (χ0n) is 8.54. The Balaban J connectivity index is 2.75. The maximum absolute atomic E-state index is 12.0. The topological polar surface area (TPSA) is 43.6 Å². The van der Waals surface area contributed by atoms with Gasteiger partial charge in [0.25, 0.3) is 0 Å². The summed E-state index contributed by atoms with van der Waals surface area (Å²) < 4.78 is 37.3. The average molecular weight is 240 g/mol. The Hall–Kier alpha value is -0.790. The maximum atomic E-state index is 12.0. The summed E-state index contributed by atoms with van der Waals surface area (Å²) in [6.45, 7) is 5.46. The summed E-state index contributed by atoms with van der Waals surface area (Å²) in [5.74, 6) is -0.983. The molecule has 0 aliphatic heterocycles. The van der Waals surface area contributed by atoms with Gasteiger partial charge in [-0.3, -0.25) is 0 Å². The van der Waals surface area contributed by atoms with E-state index in [-0.39, 0.29) is 5.16 Å². The van der Waals surface area contributed by atoms with Gasteiger partial charge in [-0.2, -0.15) is 13.2 Å². The van der Waals surface area contributed by atoms with Crippen molar-refractivity contribution in [2.45, 2.75) is 37.6 Å². The molecule has 1 aromatic rings. The predicted molar refractivity (Wildman–Crippen MR) is 49.6 cm³/mol. The van der Waals surface area contributed by atoms with Gasteiger partial charge in [0.15, 0.2) is 0 Å². The SMILES string of the molecule is CC(C)(C)n1nnnc1SCC(F)(F)F. The summed E-state index contributed by atoms with van der Waals surface area (Å²) >= 11 is 0.589. The van der Waals surface area contributed by atoms with E-state index < -0.39 is 17.5 Å². The highest BCUT2D eigenvalue weighted by molar-refractivity contribution is 7.99. The number of aromatic nitrogens is 4. The van der Waals surface area contributed by atoms with E-state index in [4.69, 9.17) is 0 Å². The van der Waals surface area contributed by atoms with Crippen LogP contribution in [0.2, 0.25) is 0 Å². The van der Waals surface area contributed by atoms with E-state index >= 15 is 0 Å². The van der Waals surface area contributed by atoms with E-state index in [1.54, 1.807) is 0 Å². The monoisotopic (exact) mass is 240 g/mol. The number of hydrogen-bond acceptors (Lipinski definition) is 4. The Morgan fingerprint density at radius 3 is 2.33 bits per heavy atom.